The number of aromatic nitrogens is 1. The molecule has 0 aliphatic rings. The number of urea groups is 1. The van der Waals surface area contributed by atoms with Crippen LogP contribution >= 0.6 is 0 Å². The predicted molar refractivity (Wildman–Crippen MR) is 158 cm³/mol. The first-order valence-corrected chi connectivity index (χ1v) is 14.0. The van der Waals surface area contributed by atoms with Gasteiger partial charge in [0.1, 0.15) is 0 Å². The average Bonchev–Trinajstić information content (AvgIpc) is 3.00. The molecule has 1 aromatic heterocycles. The van der Waals surface area contributed by atoms with Gasteiger partial charge in [-0.15, -0.1) is 0 Å². The molecule has 0 saturated heterocycles. The molecule has 9 nitrogen and oxygen atoms in total. The second kappa shape index (κ2) is 15.6. The molecule has 228 valence electrons. The normalized spacial score (nSPS) is 13.4. The number of ketones is 2. The van der Waals surface area contributed by atoms with E-state index < -0.39 is 66.3 Å². The first kappa shape index (κ1) is 33.0. The SMILES string of the molecule is CC(C)[C@H](NC(=O)CNC(=O)NCc1ccccn1)C(=O)[C@H](Cc1ccccc1)C(=O)C(F)(F)CC(N)c1ccccc1. The lowest BCUT2D eigenvalue weighted by Crippen LogP contribution is -2.53. The molecule has 0 bridgehead atoms. The van der Waals surface area contributed by atoms with Crippen molar-refractivity contribution in [1.29, 1.82) is 0 Å². The number of amides is 3. The zero-order valence-electron chi connectivity index (χ0n) is 24.1. The fourth-order valence-corrected chi connectivity index (χ4v) is 4.53. The van der Waals surface area contributed by atoms with Gasteiger partial charge in [-0.25, -0.2) is 4.79 Å². The first-order valence-electron chi connectivity index (χ1n) is 14.0. The lowest BCUT2D eigenvalue weighted by atomic mass is 9.81. The van der Waals surface area contributed by atoms with Crippen LogP contribution in [0.4, 0.5) is 13.6 Å². The average molecular weight is 594 g/mol. The van der Waals surface area contributed by atoms with Crippen LogP contribution in [0.5, 0.6) is 0 Å². The van der Waals surface area contributed by atoms with Gasteiger partial charge < -0.3 is 21.7 Å². The Morgan fingerprint density at radius 3 is 2.12 bits per heavy atom. The van der Waals surface area contributed by atoms with Crippen molar-refractivity contribution in [3.05, 3.63) is 102 Å². The number of halogens is 2. The van der Waals surface area contributed by atoms with Crippen LogP contribution in [0.3, 0.4) is 0 Å². The summed E-state index contributed by atoms with van der Waals surface area (Å²) >= 11 is 0. The fraction of sp³-hybridized carbons (Fsp3) is 0.344. The molecule has 2 aromatic carbocycles. The van der Waals surface area contributed by atoms with E-state index in [1.165, 1.54) is 0 Å². The van der Waals surface area contributed by atoms with Crippen LogP contribution in [-0.2, 0) is 27.3 Å². The van der Waals surface area contributed by atoms with Gasteiger partial charge in [0.05, 0.1) is 30.7 Å². The third kappa shape index (κ3) is 10.1. The van der Waals surface area contributed by atoms with E-state index in [1.807, 2.05) is 0 Å². The summed E-state index contributed by atoms with van der Waals surface area (Å²) in [6, 6.07) is 18.8. The molecule has 43 heavy (non-hydrogen) atoms. The van der Waals surface area contributed by atoms with Crippen LogP contribution < -0.4 is 21.7 Å². The highest BCUT2D eigenvalue weighted by molar-refractivity contribution is 6.08. The van der Waals surface area contributed by atoms with Gasteiger partial charge in [-0.1, -0.05) is 80.6 Å². The Kier molecular flexibility index (Phi) is 12.0. The standard InChI is InChI=1S/C32H37F2N5O4/c1-21(2)28(39-27(40)20-38-31(43)37-19-24-15-9-10-16-36-24)29(41)25(17-22-11-5-3-6-12-22)30(42)32(33,34)18-26(35)23-13-7-4-8-14-23/h3-16,21,25-26,28H,17-20,35H2,1-2H3,(H,39,40)(H2,37,38,43)/t25-,26?,28-/m0/s1. The molecule has 3 rings (SSSR count). The van der Waals surface area contributed by atoms with E-state index in [0.717, 1.165) is 0 Å². The molecule has 1 heterocycles. The monoisotopic (exact) mass is 593 g/mol. The third-order valence-corrected chi connectivity index (χ3v) is 6.86. The topological polar surface area (TPSA) is 143 Å². The molecule has 0 spiro atoms. The summed E-state index contributed by atoms with van der Waals surface area (Å²) in [5, 5.41) is 7.47. The first-order chi connectivity index (χ1) is 20.5. The maximum Gasteiger partial charge on any atom is 0.315 e. The Morgan fingerprint density at radius 2 is 1.51 bits per heavy atom. The number of nitrogens with zero attached hydrogens (tertiary/aromatic N) is 1. The number of rotatable bonds is 15. The number of Topliss-reactive ketones (excluding diaryl/α,β-unsaturated/α-hetero) is 2. The van der Waals surface area contributed by atoms with Gasteiger partial charge in [-0.2, -0.15) is 8.78 Å². The van der Waals surface area contributed by atoms with E-state index in [0.29, 0.717) is 16.8 Å². The summed E-state index contributed by atoms with van der Waals surface area (Å²) in [5.41, 5.74) is 7.58. The van der Waals surface area contributed by atoms with Crippen molar-refractivity contribution < 1.29 is 28.0 Å². The Balaban J connectivity index is 1.72. The van der Waals surface area contributed by atoms with E-state index in [9.17, 15) is 19.2 Å². The Morgan fingerprint density at radius 1 is 0.884 bits per heavy atom. The van der Waals surface area contributed by atoms with Crippen molar-refractivity contribution in [2.24, 2.45) is 17.6 Å². The Bertz CT molecular complexity index is 1360. The second-order valence-electron chi connectivity index (χ2n) is 10.6. The number of carbonyl (C=O) groups is 4. The molecule has 11 heteroatoms. The van der Waals surface area contributed by atoms with Crippen LogP contribution in [0.2, 0.25) is 0 Å². The van der Waals surface area contributed by atoms with Crippen LogP contribution in [0, 0.1) is 11.8 Å². The molecule has 5 N–H and O–H groups in total. The van der Waals surface area contributed by atoms with E-state index in [-0.39, 0.29) is 13.0 Å². The zero-order valence-corrected chi connectivity index (χ0v) is 24.1. The van der Waals surface area contributed by atoms with Crippen molar-refractivity contribution in [3.63, 3.8) is 0 Å². The number of nitrogens with two attached hydrogens (primary N) is 1. The van der Waals surface area contributed by atoms with Gasteiger partial charge in [0.2, 0.25) is 11.7 Å². The van der Waals surface area contributed by atoms with E-state index >= 15 is 8.78 Å². The minimum atomic E-state index is -3.91. The summed E-state index contributed by atoms with van der Waals surface area (Å²) in [6.07, 6.45) is 0.321. The number of hydrogen-bond acceptors (Lipinski definition) is 6. The number of nitrogens with one attached hydrogen (secondary N) is 3. The van der Waals surface area contributed by atoms with Gasteiger partial charge in [-0.05, 0) is 35.6 Å². The van der Waals surface area contributed by atoms with E-state index in [2.05, 4.69) is 20.9 Å². The number of hydrogen-bond donors (Lipinski definition) is 4. The molecule has 3 atom stereocenters. The Labute approximate surface area is 249 Å². The molecule has 3 aromatic rings. The third-order valence-electron chi connectivity index (χ3n) is 6.86. The minimum Gasteiger partial charge on any atom is -0.344 e. The quantitative estimate of drug-likeness (QED) is 0.198. The highest BCUT2D eigenvalue weighted by atomic mass is 19.3. The van der Waals surface area contributed by atoms with Crippen LogP contribution in [0.1, 0.15) is 43.1 Å². The summed E-state index contributed by atoms with van der Waals surface area (Å²) in [4.78, 5) is 56.1. The molecule has 0 radical (unpaired) electrons. The van der Waals surface area contributed by atoms with Gasteiger partial charge in [-0.3, -0.25) is 19.4 Å². The molecular formula is C32H37F2N5O4. The van der Waals surface area contributed by atoms with E-state index in [4.69, 9.17) is 5.73 Å². The van der Waals surface area contributed by atoms with Gasteiger partial charge in [0.25, 0.3) is 0 Å². The highest BCUT2D eigenvalue weighted by Crippen LogP contribution is 2.32. The molecule has 0 aliphatic heterocycles. The number of pyridine rings is 1. The smallest absolute Gasteiger partial charge is 0.315 e. The minimum absolute atomic E-state index is 0.132. The fourth-order valence-electron chi connectivity index (χ4n) is 4.53. The summed E-state index contributed by atoms with van der Waals surface area (Å²) in [6.45, 7) is 2.91. The van der Waals surface area contributed by atoms with Crippen molar-refractivity contribution in [1.82, 2.24) is 20.9 Å². The number of alkyl halides is 2. The van der Waals surface area contributed by atoms with Gasteiger partial charge in [0, 0.05) is 18.7 Å². The van der Waals surface area contributed by atoms with Crippen LogP contribution in [-0.4, -0.2) is 47.0 Å². The predicted octanol–water partition coefficient (Wildman–Crippen LogP) is 3.74. The van der Waals surface area contributed by atoms with Gasteiger partial charge >= 0.3 is 12.0 Å². The number of benzene rings is 2. The van der Waals surface area contributed by atoms with Crippen molar-refractivity contribution >= 4 is 23.5 Å². The number of carbonyl (C=O) groups excluding carboxylic acids is 4. The molecule has 3 amide bonds. The second-order valence-corrected chi connectivity index (χ2v) is 10.6. The van der Waals surface area contributed by atoms with Crippen molar-refractivity contribution in [3.8, 4) is 0 Å². The summed E-state index contributed by atoms with van der Waals surface area (Å²) in [7, 11) is 0. The Hall–Kier alpha value is -4.51. The molecular weight excluding hydrogens is 556 g/mol. The molecule has 0 aliphatic carbocycles. The summed E-state index contributed by atoms with van der Waals surface area (Å²) < 4.78 is 30.9. The molecule has 0 saturated carbocycles. The maximum absolute atomic E-state index is 15.5. The zero-order chi connectivity index (χ0) is 31.4. The molecule has 1 unspecified atom stereocenters. The van der Waals surface area contributed by atoms with Crippen molar-refractivity contribution in [2.75, 3.05) is 6.54 Å². The van der Waals surface area contributed by atoms with Crippen molar-refractivity contribution in [2.45, 2.75) is 51.2 Å². The highest BCUT2D eigenvalue weighted by Gasteiger charge is 2.48. The van der Waals surface area contributed by atoms with Crippen LogP contribution in [0.25, 0.3) is 0 Å². The van der Waals surface area contributed by atoms with Crippen LogP contribution in [0.15, 0.2) is 85.1 Å². The maximum atomic E-state index is 15.5. The van der Waals surface area contributed by atoms with Gasteiger partial charge in [0.15, 0.2) is 5.78 Å². The lowest BCUT2D eigenvalue weighted by Gasteiger charge is -2.28. The summed E-state index contributed by atoms with van der Waals surface area (Å²) in [5.74, 6) is -9.32. The lowest BCUT2D eigenvalue weighted by molar-refractivity contribution is -0.153. The molecule has 0 fully saturated rings. The van der Waals surface area contributed by atoms with E-state index in [1.54, 1.807) is 98.9 Å². The largest absolute Gasteiger partial charge is 0.344 e.